The van der Waals surface area contributed by atoms with Gasteiger partial charge >= 0.3 is 6.03 Å². The van der Waals surface area contributed by atoms with E-state index in [0.29, 0.717) is 10.8 Å². The normalized spacial score (nSPS) is 10.0. The molecule has 0 aliphatic carbocycles. The summed E-state index contributed by atoms with van der Waals surface area (Å²) in [6.07, 6.45) is 0. The average Bonchev–Trinajstić information content (AvgIpc) is 2.45. The molecule has 0 radical (unpaired) electrons. The molecule has 0 fully saturated rings. The molecule has 2 N–H and O–H groups in total. The number of anilines is 1. The molecule has 0 heterocycles. The van der Waals surface area contributed by atoms with E-state index in [0.717, 1.165) is 11.3 Å². The Morgan fingerprint density at radius 2 is 1.81 bits per heavy atom. The Morgan fingerprint density at radius 3 is 2.48 bits per heavy atom. The standard InChI is InChI=1S/C16H17ClN2O2/c1-11-3-6-14(9-12(11)2)19-16(20)18-10-21-15-7-4-13(17)5-8-15/h3-9H,10H2,1-2H3,(H2,18,19,20). The van der Waals surface area contributed by atoms with E-state index >= 15 is 0 Å². The lowest BCUT2D eigenvalue weighted by molar-refractivity contribution is 0.234. The molecule has 0 aliphatic rings. The van der Waals surface area contributed by atoms with Gasteiger partial charge in [0, 0.05) is 10.7 Å². The van der Waals surface area contributed by atoms with Gasteiger partial charge in [0.2, 0.25) is 0 Å². The molecule has 2 amide bonds. The molecule has 4 nitrogen and oxygen atoms in total. The van der Waals surface area contributed by atoms with Crippen LogP contribution in [0.15, 0.2) is 42.5 Å². The van der Waals surface area contributed by atoms with E-state index in [-0.39, 0.29) is 12.8 Å². The molecular weight excluding hydrogens is 288 g/mol. The summed E-state index contributed by atoms with van der Waals surface area (Å²) in [6.45, 7) is 4.11. The van der Waals surface area contributed by atoms with Gasteiger partial charge in [0.1, 0.15) is 5.75 Å². The first-order chi connectivity index (χ1) is 10.0. The number of halogens is 1. The number of rotatable bonds is 4. The molecule has 0 unspecified atom stereocenters. The van der Waals surface area contributed by atoms with E-state index in [4.69, 9.17) is 16.3 Å². The first-order valence-corrected chi connectivity index (χ1v) is 6.93. The molecule has 2 rings (SSSR count). The van der Waals surface area contributed by atoms with E-state index < -0.39 is 0 Å². The van der Waals surface area contributed by atoms with Crippen LogP contribution < -0.4 is 15.4 Å². The number of carbonyl (C=O) groups excluding carboxylic acids is 1. The Labute approximate surface area is 129 Å². The summed E-state index contributed by atoms with van der Waals surface area (Å²) in [5, 5.41) is 6.02. The summed E-state index contributed by atoms with van der Waals surface area (Å²) in [7, 11) is 0. The van der Waals surface area contributed by atoms with E-state index in [1.807, 2.05) is 32.0 Å². The third-order valence-corrected chi connectivity index (χ3v) is 3.30. The zero-order valence-electron chi connectivity index (χ0n) is 11.9. The number of hydrogen-bond acceptors (Lipinski definition) is 2. The number of nitrogens with one attached hydrogen (secondary N) is 2. The number of aryl methyl sites for hydroxylation is 2. The van der Waals surface area contributed by atoms with Crippen molar-refractivity contribution < 1.29 is 9.53 Å². The molecule has 21 heavy (non-hydrogen) atoms. The van der Waals surface area contributed by atoms with Crippen molar-refractivity contribution in [2.75, 3.05) is 12.0 Å². The maximum atomic E-state index is 11.7. The number of carbonyl (C=O) groups is 1. The number of ether oxygens (including phenoxy) is 1. The van der Waals surface area contributed by atoms with Crippen LogP contribution in [0.3, 0.4) is 0 Å². The Kier molecular flexibility index (Phi) is 5.06. The van der Waals surface area contributed by atoms with Crippen LogP contribution in [0.5, 0.6) is 5.75 Å². The van der Waals surface area contributed by atoms with Gasteiger partial charge in [0.05, 0.1) is 0 Å². The van der Waals surface area contributed by atoms with Gasteiger partial charge in [-0.1, -0.05) is 17.7 Å². The molecule has 0 atom stereocenters. The van der Waals surface area contributed by atoms with Crippen LogP contribution in [0.4, 0.5) is 10.5 Å². The molecule has 0 bridgehead atoms. The highest BCUT2D eigenvalue weighted by atomic mass is 35.5. The van der Waals surface area contributed by atoms with Crippen molar-refractivity contribution in [2.24, 2.45) is 0 Å². The van der Waals surface area contributed by atoms with Gasteiger partial charge in [-0.05, 0) is 61.4 Å². The van der Waals surface area contributed by atoms with Crippen molar-refractivity contribution >= 4 is 23.3 Å². The maximum absolute atomic E-state index is 11.7. The van der Waals surface area contributed by atoms with Crippen LogP contribution in [0.1, 0.15) is 11.1 Å². The van der Waals surface area contributed by atoms with Gasteiger partial charge in [-0.3, -0.25) is 0 Å². The maximum Gasteiger partial charge on any atom is 0.321 e. The second-order valence-electron chi connectivity index (χ2n) is 4.67. The largest absolute Gasteiger partial charge is 0.473 e. The SMILES string of the molecule is Cc1ccc(NC(=O)NCOc2ccc(Cl)cc2)cc1C. The lowest BCUT2D eigenvalue weighted by atomic mass is 10.1. The van der Waals surface area contributed by atoms with Crippen LogP contribution in [0.2, 0.25) is 5.02 Å². The molecule has 0 saturated carbocycles. The summed E-state index contributed by atoms with van der Waals surface area (Å²) < 4.78 is 5.38. The third-order valence-electron chi connectivity index (χ3n) is 3.05. The zero-order chi connectivity index (χ0) is 15.2. The lowest BCUT2D eigenvalue weighted by Crippen LogP contribution is -2.32. The number of urea groups is 1. The van der Waals surface area contributed by atoms with Crippen molar-refractivity contribution in [1.29, 1.82) is 0 Å². The molecule has 2 aromatic rings. The van der Waals surface area contributed by atoms with Crippen LogP contribution in [-0.4, -0.2) is 12.8 Å². The Balaban J connectivity index is 1.79. The zero-order valence-corrected chi connectivity index (χ0v) is 12.7. The highest BCUT2D eigenvalue weighted by Gasteiger charge is 2.02. The Hall–Kier alpha value is -2.20. The van der Waals surface area contributed by atoms with Gasteiger partial charge in [0.25, 0.3) is 0 Å². The molecule has 0 spiro atoms. The van der Waals surface area contributed by atoms with Crippen molar-refractivity contribution in [3.63, 3.8) is 0 Å². The second-order valence-corrected chi connectivity index (χ2v) is 5.11. The van der Waals surface area contributed by atoms with Crippen LogP contribution >= 0.6 is 11.6 Å². The van der Waals surface area contributed by atoms with E-state index in [1.54, 1.807) is 24.3 Å². The summed E-state index contributed by atoms with van der Waals surface area (Å²) in [5.74, 6) is 0.644. The van der Waals surface area contributed by atoms with Gasteiger partial charge in [0.15, 0.2) is 6.73 Å². The number of amides is 2. The average molecular weight is 305 g/mol. The molecule has 0 aromatic heterocycles. The molecule has 0 aliphatic heterocycles. The van der Waals surface area contributed by atoms with Crippen LogP contribution in [0.25, 0.3) is 0 Å². The van der Waals surface area contributed by atoms with Crippen molar-refractivity contribution in [3.8, 4) is 5.75 Å². The molecular formula is C16H17ClN2O2. The first-order valence-electron chi connectivity index (χ1n) is 6.55. The number of benzene rings is 2. The van der Waals surface area contributed by atoms with Crippen molar-refractivity contribution in [3.05, 3.63) is 58.6 Å². The third kappa shape index (κ3) is 4.68. The van der Waals surface area contributed by atoms with E-state index in [9.17, 15) is 4.79 Å². The van der Waals surface area contributed by atoms with Crippen LogP contribution in [-0.2, 0) is 0 Å². The monoisotopic (exact) mass is 304 g/mol. The van der Waals surface area contributed by atoms with Crippen molar-refractivity contribution in [2.45, 2.75) is 13.8 Å². The second kappa shape index (κ2) is 6.99. The van der Waals surface area contributed by atoms with E-state index in [1.165, 1.54) is 5.56 Å². The minimum absolute atomic E-state index is 0.0817. The molecule has 5 heteroatoms. The summed E-state index contributed by atoms with van der Waals surface area (Å²) >= 11 is 5.77. The molecule has 2 aromatic carbocycles. The van der Waals surface area contributed by atoms with E-state index in [2.05, 4.69) is 10.6 Å². The highest BCUT2D eigenvalue weighted by molar-refractivity contribution is 6.30. The Bertz CT molecular complexity index is 627. The summed E-state index contributed by atoms with van der Waals surface area (Å²) in [5.41, 5.74) is 3.07. The Morgan fingerprint density at radius 1 is 1.10 bits per heavy atom. The van der Waals surface area contributed by atoms with Gasteiger partial charge < -0.3 is 15.4 Å². The predicted molar refractivity (Wildman–Crippen MR) is 85.0 cm³/mol. The smallest absolute Gasteiger partial charge is 0.321 e. The van der Waals surface area contributed by atoms with Crippen molar-refractivity contribution in [1.82, 2.24) is 5.32 Å². The van der Waals surface area contributed by atoms with Gasteiger partial charge in [-0.2, -0.15) is 0 Å². The minimum atomic E-state index is -0.313. The quantitative estimate of drug-likeness (QED) is 0.835. The predicted octanol–water partition coefficient (Wildman–Crippen LogP) is 4.11. The molecule has 110 valence electrons. The van der Waals surface area contributed by atoms with Gasteiger partial charge in [-0.15, -0.1) is 0 Å². The summed E-state index contributed by atoms with van der Waals surface area (Å²) in [6, 6.07) is 12.4. The molecule has 0 saturated heterocycles. The fourth-order valence-electron chi connectivity index (χ4n) is 1.71. The lowest BCUT2D eigenvalue weighted by Gasteiger charge is -2.10. The number of hydrogen-bond donors (Lipinski definition) is 2. The first kappa shape index (κ1) is 15.2. The fourth-order valence-corrected chi connectivity index (χ4v) is 1.84. The van der Waals surface area contributed by atoms with Gasteiger partial charge in [-0.25, -0.2) is 4.79 Å². The summed E-state index contributed by atoms with van der Waals surface area (Å²) in [4.78, 5) is 11.7. The highest BCUT2D eigenvalue weighted by Crippen LogP contribution is 2.15. The fraction of sp³-hybridized carbons (Fsp3) is 0.188. The van der Waals surface area contributed by atoms with Crippen LogP contribution in [0, 0.1) is 13.8 Å². The minimum Gasteiger partial charge on any atom is -0.473 e. The topological polar surface area (TPSA) is 50.4 Å².